The Kier molecular flexibility index (Phi) is 7.44. The SMILES string of the molecule is C=C(C)C(=O)Oc1ccc(C=Cc2ccc(-c3ccc(OC(=O)C(=C)C)c(C(F)(F)F)c3)o2)cc1. The molecule has 0 saturated heterocycles. The summed E-state index contributed by atoms with van der Waals surface area (Å²) in [5, 5.41) is 0. The fraction of sp³-hybridized carbons (Fsp3) is 0.111. The van der Waals surface area contributed by atoms with Crippen molar-refractivity contribution in [1.29, 1.82) is 0 Å². The summed E-state index contributed by atoms with van der Waals surface area (Å²) in [7, 11) is 0. The Labute approximate surface area is 199 Å². The lowest BCUT2D eigenvalue weighted by atomic mass is 10.1. The molecule has 0 amide bonds. The summed E-state index contributed by atoms with van der Waals surface area (Å²) < 4.78 is 56.3. The van der Waals surface area contributed by atoms with Gasteiger partial charge < -0.3 is 13.9 Å². The molecule has 0 aliphatic carbocycles. The van der Waals surface area contributed by atoms with Crippen LogP contribution in [0.3, 0.4) is 0 Å². The molecule has 0 atom stereocenters. The number of hydrogen-bond donors (Lipinski definition) is 0. The number of halogens is 3. The molecule has 1 heterocycles. The second kappa shape index (κ2) is 10.3. The Morgan fingerprint density at radius 2 is 1.49 bits per heavy atom. The molecule has 0 radical (unpaired) electrons. The van der Waals surface area contributed by atoms with E-state index in [2.05, 4.69) is 13.2 Å². The number of hydrogen-bond acceptors (Lipinski definition) is 5. The highest BCUT2D eigenvalue weighted by atomic mass is 19.4. The van der Waals surface area contributed by atoms with E-state index in [0.29, 0.717) is 11.5 Å². The molecule has 5 nitrogen and oxygen atoms in total. The van der Waals surface area contributed by atoms with E-state index in [4.69, 9.17) is 13.9 Å². The molecule has 0 N–H and O–H groups in total. The summed E-state index contributed by atoms with van der Waals surface area (Å²) in [6.07, 6.45) is -1.37. The number of furan rings is 1. The molecule has 0 saturated carbocycles. The van der Waals surface area contributed by atoms with E-state index in [-0.39, 0.29) is 22.5 Å². The smallest absolute Gasteiger partial charge is 0.420 e. The lowest BCUT2D eigenvalue weighted by Gasteiger charge is -2.14. The molecule has 0 spiro atoms. The van der Waals surface area contributed by atoms with Crippen molar-refractivity contribution in [3.63, 3.8) is 0 Å². The Hall–Kier alpha value is -4.33. The van der Waals surface area contributed by atoms with Gasteiger partial charge in [-0.1, -0.05) is 31.4 Å². The van der Waals surface area contributed by atoms with Gasteiger partial charge in [-0.05, 0) is 68.0 Å². The molecule has 0 bridgehead atoms. The fourth-order valence-corrected chi connectivity index (χ4v) is 2.80. The van der Waals surface area contributed by atoms with Gasteiger partial charge >= 0.3 is 18.1 Å². The first-order valence-electron chi connectivity index (χ1n) is 10.3. The van der Waals surface area contributed by atoms with Crippen LogP contribution in [0.25, 0.3) is 23.5 Å². The van der Waals surface area contributed by atoms with Gasteiger partial charge in [0.2, 0.25) is 0 Å². The van der Waals surface area contributed by atoms with Crippen LogP contribution < -0.4 is 9.47 Å². The number of benzene rings is 2. The molecular weight excluding hydrogens is 461 g/mol. The lowest BCUT2D eigenvalue weighted by Crippen LogP contribution is -2.14. The van der Waals surface area contributed by atoms with Crippen molar-refractivity contribution < 1.29 is 36.7 Å². The normalized spacial score (nSPS) is 11.3. The first kappa shape index (κ1) is 25.3. The minimum Gasteiger partial charge on any atom is -0.457 e. The topological polar surface area (TPSA) is 65.7 Å². The predicted octanol–water partition coefficient (Wildman–Crippen LogP) is 7.10. The van der Waals surface area contributed by atoms with Crippen molar-refractivity contribution in [2.45, 2.75) is 20.0 Å². The summed E-state index contributed by atoms with van der Waals surface area (Å²) in [5.74, 6) is -1.10. The minimum absolute atomic E-state index is 0.0211. The van der Waals surface area contributed by atoms with Crippen molar-refractivity contribution in [2.24, 2.45) is 0 Å². The second-order valence-electron chi connectivity index (χ2n) is 7.65. The molecule has 0 unspecified atom stereocenters. The van der Waals surface area contributed by atoms with E-state index in [1.807, 2.05) is 0 Å². The van der Waals surface area contributed by atoms with Gasteiger partial charge in [0.15, 0.2) is 0 Å². The van der Waals surface area contributed by atoms with E-state index >= 15 is 0 Å². The maximum Gasteiger partial charge on any atom is 0.420 e. The minimum atomic E-state index is -4.75. The molecular formula is C27H21F3O5. The largest absolute Gasteiger partial charge is 0.457 e. The van der Waals surface area contributed by atoms with Crippen LogP contribution in [-0.2, 0) is 15.8 Å². The van der Waals surface area contributed by atoms with Gasteiger partial charge in [0, 0.05) is 16.7 Å². The Morgan fingerprint density at radius 3 is 2.09 bits per heavy atom. The third kappa shape index (κ3) is 6.60. The first-order valence-corrected chi connectivity index (χ1v) is 10.3. The van der Waals surface area contributed by atoms with Gasteiger partial charge in [0.25, 0.3) is 0 Å². The monoisotopic (exact) mass is 482 g/mol. The summed E-state index contributed by atoms with van der Waals surface area (Å²) in [6, 6.07) is 13.1. The Morgan fingerprint density at radius 1 is 0.857 bits per heavy atom. The molecule has 1 aromatic heterocycles. The van der Waals surface area contributed by atoms with Gasteiger partial charge in [0.1, 0.15) is 23.0 Å². The van der Waals surface area contributed by atoms with Crippen LogP contribution in [0.15, 0.2) is 83.3 Å². The Balaban J connectivity index is 1.78. The van der Waals surface area contributed by atoms with Crippen LogP contribution in [-0.4, -0.2) is 11.9 Å². The van der Waals surface area contributed by atoms with E-state index in [9.17, 15) is 22.8 Å². The van der Waals surface area contributed by atoms with Crippen molar-refractivity contribution in [2.75, 3.05) is 0 Å². The van der Waals surface area contributed by atoms with Gasteiger partial charge in [-0.3, -0.25) is 0 Å². The van der Waals surface area contributed by atoms with Crippen LogP contribution in [0.2, 0.25) is 0 Å². The van der Waals surface area contributed by atoms with Gasteiger partial charge in [-0.25, -0.2) is 9.59 Å². The van der Waals surface area contributed by atoms with E-state index in [1.54, 1.807) is 49.4 Å². The fourth-order valence-electron chi connectivity index (χ4n) is 2.80. The highest BCUT2D eigenvalue weighted by molar-refractivity contribution is 5.89. The highest BCUT2D eigenvalue weighted by Crippen LogP contribution is 2.39. The number of rotatable bonds is 7. The van der Waals surface area contributed by atoms with E-state index in [0.717, 1.165) is 17.7 Å². The number of ether oxygens (including phenoxy) is 2. The zero-order valence-electron chi connectivity index (χ0n) is 18.9. The summed E-state index contributed by atoms with van der Waals surface area (Å²) >= 11 is 0. The average molecular weight is 482 g/mol. The zero-order chi connectivity index (χ0) is 25.8. The van der Waals surface area contributed by atoms with Crippen LogP contribution in [0.1, 0.15) is 30.7 Å². The van der Waals surface area contributed by atoms with Gasteiger partial charge in [-0.2, -0.15) is 13.2 Å². The van der Waals surface area contributed by atoms with Crippen molar-refractivity contribution in [3.05, 3.63) is 95.8 Å². The molecule has 0 aliphatic heterocycles. The maximum atomic E-state index is 13.6. The van der Waals surface area contributed by atoms with Crippen LogP contribution in [0, 0.1) is 0 Å². The van der Waals surface area contributed by atoms with Gasteiger partial charge in [-0.15, -0.1) is 0 Å². The summed E-state index contributed by atoms with van der Waals surface area (Å²) in [6.45, 7) is 9.78. The average Bonchev–Trinajstić information content (AvgIpc) is 3.27. The molecule has 0 aliphatic rings. The van der Waals surface area contributed by atoms with Crippen molar-refractivity contribution >= 4 is 24.1 Å². The third-order valence-corrected chi connectivity index (χ3v) is 4.63. The zero-order valence-corrected chi connectivity index (χ0v) is 18.9. The highest BCUT2D eigenvalue weighted by Gasteiger charge is 2.35. The third-order valence-electron chi connectivity index (χ3n) is 4.63. The Bertz CT molecular complexity index is 1310. The molecule has 35 heavy (non-hydrogen) atoms. The second-order valence-corrected chi connectivity index (χ2v) is 7.65. The standard InChI is InChI=1S/C27H21F3O5/c1-16(2)25(31)34-21-10-6-18(7-11-21)5-9-20-12-14-23(33-20)19-8-13-24(35-26(32)17(3)4)22(15-19)27(28,29)30/h5-15H,1,3H2,2,4H3. The molecule has 2 aromatic carbocycles. The number of esters is 2. The quantitative estimate of drug-likeness (QED) is 0.204. The number of carbonyl (C=O) groups excluding carboxylic acids is 2. The van der Waals surface area contributed by atoms with Crippen molar-refractivity contribution in [1.82, 2.24) is 0 Å². The van der Waals surface area contributed by atoms with Crippen molar-refractivity contribution in [3.8, 4) is 22.8 Å². The molecule has 0 fully saturated rings. The van der Waals surface area contributed by atoms with Crippen LogP contribution >= 0.6 is 0 Å². The molecule has 3 rings (SSSR count). The van der Waals surface area contributed by atoms with Crippen LogP contribution in [0.4, 0.5) is 13.2 Å². The van der Waals surface area contributed by atoms with Crippen LogP contribution in [0.5, 0.6) is 11.5 Å². The summed E-state index contributed by atoms with van der Waals surface area (Å²) in [4.78, 5) is 23.3. The number of carbonyl (C=O) groups is 2. The van der Waals surface area contributed by atoms with E-state index < -0.39 is 29.4 Å². The molecule has 3 aromatic rings. The number of alkyl halides is 3. The predicted molar refractivity (Wildman–Crippen MR) is 125 cm³/mol. The molecule has 180 valence electrons. The van der Waals surface area contributed by atoms with Gasteiger partial charge in [0.05, 0.1) is 5.56 Å². The molecule has 8 heteroatoms. The summed E-state index contributed by atoms with van der Waals surface area (Å²) in [5.41, 5.74) is 0.0991. The van der Waals surface area contributed by atoms with E-state index in [1.165, 1.54) is 19.1 Å². The first-order chi connectivity index (χ1) is 16.4. The maximum absolute atomic E-state index is 13.6. The lowest BCUT2D eigenvalue weighted by molar-refractivity contribution is -0.141.